The van der Waals surface area contributed by atoms with E-state index in [1.807, 2.05) is 31.3 Å². The van der Waals surface area contributed by atoms with Crippen LogP contribution in [-0.4, -0.2) is 7.05 Å². The fraction of sp³-hybridized carbons (Fsp3) is 0.200. The summed E-state index contributed by atoms with van der Waals surface area (Å²) in [7, 11) is 1.86. The van der Waals surface area contributed by atoms with Gasteiger partial charge in [-0.15, -0.1) is 0 Å². The van der Waals surface area contributed by atoms with E-state index in [1.54, 1.807) is 0 Å². The van der Waals surface area contributed by atoms with Gasteiger partial charge in [0.1, 0.15) is 12.4 Å². The second kappa shape index (κ2) is 6.29. The summed E-state index contributed by atoms with van der Waals surface area (Å²) in [4.78, 5) is 0. The highest BCUT2D eigenvalue weighted by Crippen LogP contribution is 2.20. The van der Waals surface area contributed by atoms with Crippen molar-refractivity contribution in [2.75, 3.05) is 7.05 Å². The van der Waals surface area contributed by atoms with Crippen molar-refractivity contribution in [2.24, 2.45) is 0 Å². The quantitative estimate of drug-likeness (QED) is 0.894. The Morgan fingerprint density at radius 2 is 1.79 bits per heavy atom. The predicted molar refractivity (Wildman–Crippen MR) is 69.9 cm³/mol. The van der Waals surface area contributed by atoms with Crippen LogP contribution in [0.2, 0.25) is 0 Å². The van der Waals surface area contributed by atoms with E-state index >= 15 is 0 Å². The fourth-order valence-electron chi connectivity index (χ4n) is 1.81. The second-order valence-electron chi connectivity index (χ2n) is 4.16. The first-order valence-electron chi connectivity index (χ1n) is 6.00. The van der Waals surface area contributed by atoms with Crippen LogP contribution in [0.4, 0.5) is 8.78 Å². The number of ether oxygens (including phenoxy) is 1. The van der Waals surface area contributed by atoms with Crippen LogP contribution in [0.5, 0.6) is 5.75 Å². The van der Waals surface area contributed by atoms with E-state index in [1.165, 1.54) is 12.1 Å². The SMILES string of the molecule is CNCc1ccccc1COc1ccc(F)cc1F. The van der Waals surface area contributed by atoms with Crippen molar-refractivity contribution in [3.05, 3.63) is 65.2 Å². The van der Waals surface area contributed by atoms with Gasteiger partial charge in [0.05, 0.1) is 0 Å². The highest BCUT2D eigenvalue weighted by Gasteiger charge is 2.06. The molecule has 4 heteroatoms. The molecule has 100 valence electrons. The molecule has 0 aliphatic carbocycles. The van der Waals surface area contributed by atoms with Crippen LogP contribution in [-0.2, 0) is 13.2 Å². The van der Waals surface area contributed by atoms with Crippen LogP contribution in [0.25, 0.3) is 0 Å². The van der Waals surface area contributed by atoms with Gasteiger partial charge in [-0.25, -0.2) is 8.78 Å². The lowest BCUT2D eigenvalue weighted by molar-refractivity contribution is 0.288. The first-order valence-corrected chi connectivity index (χ1v) is 6.00. The summed E-state index contributed by atoms with van der Waals surface area (Å²) < 4.78 is 31.6. The molecule has 0 saturated heterocycles. The van der Waals surface area contributed by atoms with Crippen molar-refractivity contribution in [1.29, 1.82) is 0 Å². The van der Waals surface area contributed by atoms with Crippen molar-refractivity contribution in [3.8, 4) is 5.75 Å². The summed E-state index contributed by atoms with van der Waals surface area (Å²) in [5.41, 5.74) is 2.06. The van der Waals surface area contributed by atoms with Crippen LogP contribution >= 0.6 is 0 Å². The number of rotatable bonds is 5. The second-order valence-corrected chi connectivity index (χ2v) is 4.16. The van der Waals surface area contributed by atoms with Crippen molar-refractivity contribution >= 4 is 0 Å². The minimum atomic E-state index is -0.689. The Kier molecular flexibility index (Phi) is 4.47. The van der Waals surface area contributed by atoms with E-state index in [0.717, 1.165) is 17.2 Å². The fourth-order valence-corrected chi connectivity index (χ4v) is 1.81. The molecule has 2 nitrogen and oxygen atoms in total. The van der Waals surface area contributed by atoms with E-state index in [0.29, 0.717) is 6.54 Å². The summed E-state index contributed by atoms with van der Waals surface area (Å²) >= 11 is 0. The van der Waals surface area contributed by atoms with Gasteiger partial charge < -0.3 is 10.1 Å². The van der Waals surface area contributed by atoms with E-state index in [-0.39, 0.29) is 12.4 Å². The molecule has 0 amide bonds. The van der Waals surface area contributed by atoms with E-state index < -0.39 is 11.6 Å². The minimum absolute atomic E-state index is 0.0562. The molecule has 0 aromatic heterocycles. The lowest BCUT2D eigenvalue weighted by Gasteiger charge is -2.11. The Hall–Kier alpha value is -1.94. The minimum Gasteiger partial charge on any atom is -0.486 e. The van der Waals surface area contributed by atoms with E-state index in [9.17, 15) is 8.78 Å². The molecule has 0 bridgehead atoms. The molecule has 0 atom stereocenters. The zero-order valence-electron chi connectivity index (χ0n) is 10.6. The zero-order chi connectivity index (χ0) is 13.7. The van der Waals surface area contributed by atoms with Crippen LogP contribution in [0.3, 0.4) is 0 Å². The number of nitrogens with one attached hydrogen (secondary N) is 1. The number of halogens is 2. The maximum atomic E-state index is 13.4. The summed E-state index contributed by atoms with van der Waals surface area (Å²) in [6.07, 6.45) is 0. The van der Waals surface area contributed by atoms with Crippen LogP contribution < -0.4 is 10.1 Å². The van der Waals surface area contributed by atoms with Gasteiger partial charge in [-0.1, -0.05) is 24.3 Å². The summed E-state index contributed by atoms with van der Waals surface area (Å²) in [5.74, 6) is -1.24. The average Bonchev–Trinajstić information content (AvgIpc) is 2.40. The molecule has 0 fully saturated rings. The van der Waals surface area contributed by atoms with Crippen LogP contribution in [0.15, 0.2) is 42.5 Å². The molecule has 0 aliphatic heterocycles. The number of hydrogen-bond acceptors (Lipinski definition) is 2. The molecule has 2 aromatic rings. The molecular formula is C15H15F2NO. The molecule has 0 spiro atoms. The molecule has 1 N–H and O–H groups in total. The third-order valence-electron chi connectivity index (χ3n) is 2.76. The zero-order valence-corrected chi connectivity index (χ0v) is 10.6. The predicted octanol–water partition coefficient (Wildman–Crippen LogP) is 3.26. The Morgan fingerprint density at radius 1 is 1.05 bits per heavy atom. The normalized spacial score (nSPS) is 10.5. The average molecular weight is 263 g/mol. The topological polar surface area (TPSA) is 21.3 Å². The smallest absolute Gasteiger partial charge is 0.167 e. The monoisotopic (exact) mass is 263 g/mol. The van der Waals surface area contributed by atoms with Gasteiger partial charge in [0.2, 0.25) is 0 Å². The summed E-state index contributed by atoms with van der Waals surface area (Å²) in [6, 6.07) is 11.0. The standard InChI is InChI=1S/C15H15F2NO/c1-18-9-11-4-2-3-5-12(11)10-19-15-7-6-13(16)8-14(15)17/h2-8,18H,9-10H2,1H3. The van der Waals surface area contributed by atoms with Crippen molar-refractivity contribution in [2.45, 2.75) is 13.2 Å². The molecular weight excluding hydrogens is 248 g/mol. The van der Waals surface area contributed by atoms with Gasteiger partial charge in [0.15, 0.2) is 11.6 Å². The van der Waals surface area contributed by atoms with Crippen LogP contribution in [0, 0.1) is 11.6 Å². The van der Waals surface area contributed by atoms with E-state index in [2.05, 4.69) is 5.32 Å². The van der Waals surface area contributed by atoms with Crippen molar-refractivity contribution in [1.82, 2.24) is 5.32 Å². The Morgan fingerprint density at radius 3 is 2.47 bits per heavy atom. The largest absolute Gasteiger partial charge is 0.486 e. The van der Waals surface area contributed by atoms with Gasteiger partial charge in [-0.05, 0) is 30.3 Å². The molecule has 0 saturated carbocycles. The van der Waals surface area contributed by atoms with Gasteiger partial charge in [-0.2, -0.15) is 0 Å². The first-order chi connectivity index (χ1) is 9.20. The molecule has 2 rings (SSSR count). The third kappa shape index (κ3) is 3.51. The summed E-state index contributed by atoms with van der Waals surface area (Å²) in [5, 5.41) is 3.06. The Balaban J connectivity index is 2.10. The number of hydrogen-bond donors (Lipinski definition) is 1. The molecule has 0 radical (unpaired) electrons. The van der Waals surface area contributed by atoms with Crippen molar-refractivity contribution in [3.63, 3.8) is 0 Å². The van der Waals surface area contributed by atoms with E-state index in [4.69, 9.17) is 4.74 Å². The molecule has 0 unspecified atom stereocenters. The Labute approximate surface area is 111 Å². The maximum absolute atomic E-state index is 13.4. The molecule has 0 aliphatic rings. The number of benzene rings is 2. The first kappa shape index (κ1) is 13.5. The van der Waals surface area contributed by atoms with Crippen LogP contribution in [0.1, 0.15) is 11.1 Å². The third-order valence-corrected chi connectivity index (χ3v) is 2.76. The Bertz CT molecular complexity index is 558. The van der Waals surface area contributed by atoms with Gasteiger partial charge in [-0.3, -0.25) is 0 Å². The molecule has 19 heavy (non-hydrogen) atoms. The maximum Gasteiger partial charge on any atom is 0.167 e. The van der Waals surface area contributed by atoms with Gasteiger partial charge >= 0.3 is 0 Å². The molecule has 2 aromatic carbocycles. The molecule has 0 heterocycles. The summed E-state index contributed by atoms with van der Waals surface area (Å²) in [6.45, 7) is 0.964. The highest BCUT2D eigenvalue weighted by molar-refractivity contribution is 5.29. The lowest BCUT2D eigenvalue weighted by atomic mass is 10.1. The van der Waals surface area contributed by atoms with Crippen molar-refractivity contribution < 1.29 is 13.5 Å². The highest BCUT2D eigenvalue weighted by atomic mass is 19.1. The lowest BCUT2D eigenvalue weighted by Crippen LogP contribution is -2.09. The van der Waals surface area contributed by atoms with Gasteiger partial charge in [0, 0.05) is 12.6 Å². The van der Waals surface area contributed by atoms with Gasteiger partial charge in [0.25, 0.3) is 0 Å².